The number of nitrogens with one attached hydrogen (secondary N) is 1. The highest BCUT2D eigenvalue weighted by molar-refractivity contribution is 6.02. The normalized spacial score (nSPS) is 11.3. The van der Waals surface area contributed by atoms with Gasteiger partial charge in [-0.2, -0.15) is 18.2 Å². The standard InChI is InChI=1S/C18H11F4N3O3/c19-13-4-2-1-3-12(13)16(27)23-9-14(26)10-5-7-11(8-6-10)15-24-17(28-25-15)18(20,21)22/h1-8H,9H2,(H,23,27). The van der Waals surface area contributed by atoms with Gasteiger partial charge in [0, 0.05) is 11.1 Å². The third kappa shape index (κ3) is 4.22. The molecule has 0 fully saturated rings. The third-order valence-corrected chi connectivity index (χ3v) is 3.66. The predicted molar refractivity (Wildman–Crippen MR) is 87.8 cm³/mol. The molecule has 144 valence electrons. The number of aromatic nitrogens is 2. The largest absolute Gasteiger partial charge is 0.471 e. The molecule has 0 aliphatic rings. The van der Waals surface area contributed by atoms with Crippen LogP contribution in [0.1, 0.15) is 26.6 Å². The molecule has 0 atom stereocenters. The van der Waals surface area contributed by atoms with Gasteiger partial charge in [-0.15, -0.1) is 0 Å². The molecule has 0 saturated heterocycles. The second-order valence-corrected chi connectivity index (χ2v) is 5.58. The molecule has 1 aromatic heterocycles. The summed E-state index contributed by atoms with van der Waals surface area (Å²) in [6, 6.07) is 10.7. The van der Waals surface area contributed by atoms with Crippen molar-refractivity contribution in [1.82, 2.24) is 15.5 Å². The van der Waals surface area contributed by atoms with Crippen molar-refractivity contribution >= 4 is 11.7 Å². The van der Waals surface area contributed by atoms with Gasteiger partial charge in [-0.25, -0.2) is 4.39 Å². The average molecular weight is 393 g/mol. The maximum atomic E-state index is 13.5. The lowest BCUT2D eigenvalue weighted by atomic mass is 10.1. The number of benzene rings is 2. The number of hydrogen-bond acceptors (Lipinski definition) is 5. The van der Waals surface area contributed by atoms with Crippen LogP contribution in [0, 0.1) is 5.82 Å². The Bertz CT molecular complexity index is 1010. The molecule has 1 heterocycles. The Kier molecular flexibility index (Phi) is 5.21. The number of alkyl halides is 3. The van der Waals surface area contributed by atoms with E-state index in [2.05, 4.69) is 20.0 Å². The molecule has 10 heteroatoms. The molecule has 0 spiro atoms. The van der Waals surface area contributed by atoms with Gasteiger partial charge in [0.15, 0.2) is 5.78 Å². The molecule has 3 aromatic rings. The Labute approximate surface area is 155 Å². The van der Waals surface area contributed by atoms with Gasteiger partial charge in [-0.1, -0.05) is 41.6 Å². The zero-order valence-corrected chi connectivity index (χ0v) is 14.0. The highest BCUT2D eigenvalue weighted by atomic mass is 19.4. The number of amides is 1. The van der Waals surface area contributed by atoms with Crippen LogP contribution < -0.4 is 5.32 Å². The minimum atomic E-state index is -4.75. The molecule has 0 bridgehead atoms. The zero-order chi connectivity index (χ0) is 20.3. The fourth-order valence-electron chi connectivity index (χ4n) is 2.26. The monoisotopic (exact) mass is 393 g/mol. The number of hydrogen-bond donors (Lipinski definition) is 1. The number of nitrogens with zero attached hydrogens (tertiary/aromatic N) is 2. The Morgan fingerprint density at radius 2 is 1.71 bits per heavy atom. The fourth-order valence-corrected chi connectivity index (χ4v) is 2.26. The van der Waals surface area contributed by atoms with E-state index in [9.17, 15) is 27.2 Å². The van der Waals surface area contributed by atoms with Crippen LogP contribution in [0.15, 0.2) is 53.1 Å². The van der Waals surface area contributed by atoms with E-state index in [4.69, 9.17) is 0 Å². The van der Waals surface area contributed by atoms with Gasteiger partial charge in [0.05, 0.1) is 12.1 Å². The average Bonchev–Trinajstić information content (AvgIpc) is 3.17. The smallest absolute Gasteiger partial charge is 0.344 e. The van der Waals surface area contributed by atoms with Gasteiger partial charge in [0.1, 0.15) is 5.82 Å². The molecular formula is C18H11F4N3O3. The van der Waals surface area contributed by atoms with Gasteiger partial charge in [-0.3, -0.25) is 9.59 Å². The lowest BCUT2D eigenvalue weighted by Gasteiger charge is -2.06. The van der Waals surface area contributed by atoms with E-state index in [-0.39, 0.29) is 29.1 Å². The van der Waals surface area contributed by atoms with E-state index < -0.39 is 29.6 Å². The van der Waals surface area contributed by atoms with Gasteiger partial charge >= 0.3 is 12.1 Å². The predicted octanol–water partition coefficient (Wildman–Crippen LogP) is 3.51. The molecule has 1 N–H and O–H groups in total. The summed E-state index contributed by atoms with van der Waals surface area (Å²) in [5.74, 6) is -3.68. The first-order valence-corrected chi connectivity index (χ1v) is 7.83. The molecule has 3 rings (SSSR count). The first kappa shape index (κ1) is 19.2. The van der Waals surface area contributed by atoms with E-state index in [0.717, 1.165) is 6.07 Å². The lowest BCUT2D eigenvalue weighted by Crippen LogP contribution is -2.30. The second-order valence-electron chi connectivity index (χ2n) is 5.58. The van der Waals surface area contributed by atoms with Gasteiger partial charge in [0.2, 0.25) is 5.82 Å². The first-order chi connectivity index (χ1) is 13.3. The molecule has 2 aromatic carbocycles. The van der Waals surface area contributed by atoms with E-state index in [0.29, 0.717) is 0 Å². The minimum Gasteiger partial charge on any atom is -0.344 e. The number of Topliss-reactive ketones (excluding diaryl/α,β-unsaturated/α-hetero) is 1. The number of ketones is 1. The Hall–Kier alpha value is -3.56. The van der Waals surface area contributed by atoms with Crippen molar-refractivity contribution in [2.75, 3.05) is 6.54 Å². The number of carbonyl (C=O) groups is 2. The van der Waals surface area contributed by atoms with Crippen molar-refractivity contribution in [3.05, 3.63) is 71.4 Å². The van der Waals surface area contributed by atoms with Crippen molar-refractivity contribution in [1.29, 1.82) is 0 Å². The summed E-state index contributed by atoms with van der Waals surface area (Å²) in [6.45, 7) is -0.382. The van der Waals surface area contributed by atoms with Crippen LogP contribution in [0.25, 0.3) is 11.4 Å². The topological polar surface area (TPSA) is 85.1 Å². The quantitative estimate of drug-likeness (QED) is 0.530. The third-order valence-electron chi connectivity index (χ3n) is 3.66. The minimum absolute atomic E-state index is 0.191. The summed E-state index contributed by atoms with van der Waals surface area (Å²) < 4.78 is 55.1. The summed E-state index contributed by atoms with van der Waals surface area (Å²) in [7, 11) is 0. The van der Waals surface area contributed by atoms with E-state index in [1.807, 2.05) is 0 Å². The van der Waals surface area contributed by atoms with E-state index in [1.165, 1.54) is 42.5 Å². The highest BCUT2D eigenvalue weighted by Gasteiger charge is 2.38. The van der Waals surface area contributed by atoms with Crippen LogP contribution in [-0.4, -0.2) is 28.4 Å². The molecule has 1 amide bonds. The summed E-state index contributed by atoms with van der Waals surface area (Å²) >= 11 is 0. The maximum absolute atomic E-state index is 13.5. The molecule has 6 nitrogen and oxygen atoms in total. The van der Waals surface area contributed by atoms with Crippen LogP contribution >= 0.6 is 0 Å². The van der Waals surface area contributed by atoms with Crippen molar-refractivity contribution in [3.8, 4) is 11.4 Å². The molecule has 0 saturated carbocycles. The van der Waals surface area contributed by atoms with Crippen molar-refractivity contribution < 1.29 is 31.7 Å². The Balaban J connectivity index is 1.65. The summed E-state index contributed by atoms with van der Waals surface area (Å²) in [4.78, 5) is 27.3. The first-order valence-electron chi connectivity index (χ1n) is 7.83. The SMILES string of the molecule is O=C(CNC(=O)c1ccccc1F)c1ccc(-c2noc(C(F)(F)F)n2)cc1. The van der Waals surface area contributed by atoms with Crippen LogP contribution in [0.3, 0.4) is 0 Å². The second kappa shape index (κ2) is 7.59. The van der Waals surface area contributed by atoms with E-state index >= 15 is 0 Å². The van der Waals surface area contributed by atoms with Crippen LogP contribution in [0.4, 0.5) is 17.6 Å². The highest BCUT2D eigenvalue weighted by Crippen LogP contribution is 2.29. The van der Waals surface area contributed by atoms with Crippen LogP contribution in [0.5, 0.6) is 0 Å². The van der Waals surface area contributed by atoms with Gasteiger partial charge in [0.25, 0.3) is 5.91 Å². The van der Waals surface area contributed by atoms with Crippen molar-refractivity contribution in [2.45, 2.75) is 6.18 Å². The van der Waals surface area contributed by atoms with Crippen molar-refractivity contribution in [2.24, 2.45) is 0 Å². The molecule has 0 unspecified atom stereocenters. The Morgan fingerprint density at radius 3 is 2.32 bits per heavy atom. The number of rotatable bonds is 5. The molecule has 0 radical (unpaired) electrons. The molecular weight excluding hydrogens is 382 g/mol. The summed E-state index contributed by atoms with van der Waals surface area (Å²) in [6.07, 6.45) is -4.75. The molecule has 0 aliphatic carbocycles. The number of halogens is 4. The lowest BCUT2D eigenvalue weighted by molar-refractivity contribution is -0.159. The zero-order valence-electron chi connectivity index (χ0n) is 14.0. The molecule has 28 heavy (non-hydrogen) atoms. The van der Waals surface area contributed by atoms with E-state index in [1.54, 1.807) is 0 Å². The summed E-state index contributed by atoms with van der Waals surface area (Å²) in [5, 5.41) is 5.56. The molecule has 0 aliphatic heterocycles. The van der Waals surface area contributed by atoms with Crippen LogP contribution in [0.2, 0.25) is 0 Å². The van der Waals surface area contributed by atoms with Crippen LogP contribution in [-0.2, 0) is 6.18 Å². The maximum Gasteiger partial charge on any atom is 0.471 e. The summed E-state index contributed by atoms with van der Waals surface area (Å²) in [5.41, 5.74) is 0.214. The number of carbonyl (C=O) groups excluding carboxylic acids is 2. The van der Waals surface area contributed by atoms with Gasteiger partial charge < -0.3 is 9.84 Å². The van der Waals surface area contributed by atoms with Gasteiger partial charge in [-0.05, 0) is 12.1 Å². The fraction of sp³-hybridized carbons (Fsp3) is 0.111. The Morgan fingerprint density at radius 1 is 1.04 bits per heavy atom. The van der Waals surface area contributed by atoms with Crippen molar-refractivity contribution in [3.63, 3.8) is 0 Å².